The Morgan fingerprint density at radius 1 is 1.00 bits per heavy atom. The van der Waals surface area contributed by atoms with E-state index in [0.29, 0.717) is 5.54 Å². The summed E-state index contributed by atoms with van der Waals surface area (Å²) >= 11 is 0. The van der Waals surface area contributed by atoms with Crippen molar-refractivity contribution in [2.75, 3.05) is 26.8 Å². The monoisotopic (exact) mass is 207 g/mol. The van der Waals surface area contributed by atoms with Gasteiger partial charge in [0.05, 0.1) is 6.61 Å². The van der Waals surface area contributed by atoms with Crippen LogP contribution >= 0.6 is 0 Å². The topological polar surface area (TPSA) is 12.5 Å². The Kier molecular flexibility index (Phi) is 1.46. The van der Waals surface area contributed by atoms with Crippen LogP contribution in [0.3, 0.4) is 0 Å². The molecule has 2 saturated carbocycles. The normalized spacial score (nSPS) is 37.4. The maximum atomic E-state index is 5.53. The molecular formula is C13H21NO. The van der Waals surface area contributed by atoms with E-state index in [-0.39, 0.29) is 0 Å². The molecule has 0 amide bonds. The number of ether oxygens (including phenoxy) is 1. The maximum absolute atomic E-state index is 5.53. The predicted molar refractivity (Wildman–Crippen MR) is 58.7 cm³/mol. The van der Waals surface area contributed by atoms with Crippen molar-refractivity contribution in [1.82, 2.24) is 4.90 Å². The van der Waals surface area contributed by atoms with Gasteiger partial charge in [-0.1, -0.05) is 0 Å². The van der Waals surface area contributed by atoms with Crippen molar-refractivity contribution in [1.29, 1.82) is 0 Å². The molecule has 2 heterocycles. The molecule has 4 fully saturated rings. The van der Waals surface area contributed by atoms with Crippen LogP contribution in [0.4, 0.5) is 0 Å². The van der Waals surface area contributed by atoms with Gasteiger partial charge in [0.2, 0.25) is 0 Å². The van der Waals surface area contributed by atoms with Crippen LogP contribution in [-0.4, -0.2) is 37.2 Å². The first-order valence-corrected chi connectivity index (χ1v) is 6.44. The molecule has 0 atom stereocenters. The lowest BCUT2D eigenvalue weighted by molar-refractivity contribution is 0.0649. The Bertz CT molecular complexity index is 280. The molecule has 0 unspecified atom stereocenters. The minimum absolute atomic E-state index is 0.460. The average molecular weight is 207 g/mol. The Hall–Kier alpha value is -0.0800. The van der Waals surface area contributed by atoms with E-state index in [9.17, 15) is 0 Å². The summed E-state index contributed by atoms with van der Waals surface area (Å²) in [5.74, 6) is 0. The van der Waals surface area contributed by atoms with Gasteiger partial charge in [-0.2, -0.15) is 0 Å². The molecule has 2 nitrogen and oxygen atoms in total. The number of hydrogen-bond acceptors (Lipinski definition) is 2. The summed E-state index contributed by atoms with van der Waals surface area (Å²) in [6.07, 6.45) is 8.83. The van der Waals surface area contributed by atoms with E-state index in [2.05, 4.69) is 4.90 Å². The zero-order chi connectivity index (χ0) is 10.1. The molecule has 0 aromatic heterocycles. The second-order valence-electron chi connectivity index (χ2n) is 6.87. The molecule has 0 aromatic carbocycles. The van der Waals surface area contributed by atoms with Gasteiger partial charge in [0.1, 0.15) is 0 Å². The first kappa shape index (κ1) is 9.00. The summed E-state index contributed by atoms with van der Waals surface area (Å²) < 4.78 is 5.53. The van der Waals surface area contributed by atoms with Crippen molar-refractivity contribution in [3.8, 4) is 0 Å². The summed E-state index contributed by atoms with van der Waals surface area (Å²) in [5, 5.41) is 0. The van der Waals surface area contributed by atoms with Crippen LogP contribution in [0, 0.1) is 10.8 Å². The van der Waals surface area contributed by atoms with E-state index >= 15 is 0 Å². The Balaban J connectivity index is 1.64. The number of methoxy groups -OCH3 is 1. The fraction of sp³-hybridized carbons (Fsp3) is 1.00. The van der Waals surface area contributed by atoms with Gasteiger partial charge in [-0.15, -0.1) is 0 Å². The van der Waals surface area contributed by atoms with Crippen molar-refractivity contribution >= 4 is 0 Å². The number of hydrogen-bond donors (Lipinski definition) is 0. The first-order valence-electron chi connectivity index (χ1n) is 6.44. The molecule has 2 saturated heterocycles. The van der Waals surface area contributed by atoms with Gasteiger partial charge in [0.15, 0.2) is 0 Å². The standard InChI is InChI=1S/C13H21NO/c1-15-10-13-6-11(2-3-11)8-14(13)9-12(7-13)4-5-12/h2-10H2,1H3. The Morgan fingerprint density at radius 3 is 1.93 bits per heavy atom. The van der Waals surface area contributed by atoms with Crippen molar-refractivity contribution in [2.45, 2.75) is 44.1 Å². The van der Waals surface area contributed by atoms with Gasteiger partial charge in [0.25, 0.3) is 0 Å². The second kappa shape index (κ2) is 2.43. The molecule has 0 bridgehead atoms. The third-order valence-electron chi connectivity index (χ3n) is 5.46. The Morgan fingerprint density at radius 2 is 1.53 bits per heavy atom. The second-order valence-corrected chi connectivity index (χ2v) is 6.87. The highest BCUT2D eigenvalue weighted by atomic mass is 16.5. The van der Waals surface area contributed by atoms with Crippen LogP contribution in [0.25, 0.3) is 0 Å². The summed E-state index contributed by atoms with van der Waals surface area (Å²) in [5.41, 5.74) is 1.95. The van der Waals surface area contributed by atoms with Crippen LogP contribution in [0.5, 0.6) is 0 Å². The summed E-state index contributed by atoms with van der Waals surface area (Å²) in [6, 6.07) is 0. The van der Waals surface area contributed by atoms with Crippen molar-refractivity contribution < 1.29 is 4.74 Å². The molecule has 2 heteroatoms. The fourth-order valence-electron chi connectivity index (χ4n) is 4.48. The van der Waals surface area contributed by atoms with Gasteiger partial charge >= 0.3 is 0 Å². The van der Waals surface area contributed by atoms with Crippen molar-refractivity contribution in [3.05, 3.63) is 0 Å². The molecule has 84 valence electrons. The highest BCUT2D eigenvalue weighted by Gasteiger charge is 2.67. The summed E-state index contributed by atoms with van der Waals surface area (Å²) in [6.45, 7) is 3.76. The van der Waals surface area contributed by atoms with E-state index in [1.54, 1.807) is 0 Å². The highest BCUT2D eigenvalue weighted by molar-refractivity contribution is 5.20. The lowest BCUT2D eigenvalue weighted by Gasteiger charge is -2.31. The quantitative estimate of drug-likeness (QED) is 0.687. The lowest BCUT2D eigenvalue weighted by atomic mass is 9.85. The van der Waals surface area contributed by atoms with Gasteiger partial charge in [-0.25, -0.2) is 0 Å². The molecule has 2 spiro atoms. The fourth-order valence-corrected chi connectivity index (χ4v) is 4.48. The first-order chi connectivity index (χ1) is 7.20. The molecule has 2 aliphatic carbocycles. The van der Waals surface area contributed by atoms with E-state index < -0.39 is 0 Å². The van der Waals surface area contributed by atoms with Crippen LogP contribution in [0.2, 0.25) is 0 Å². The lowest BCUT2D eigenvalue weighted by Crippen LogP contribution is -2.42. The van der Waals surface area contributed by atoms with E-state index in [1.807, 2.05) is 7.11 Å². The van der Waals surface area contributed by atoms with Crippen LogP contribution in [-0.2, 0) is 4.74 Å². The van der Waals surface area contributed by atoms with E-state index in [4.69, 9.17) is 4.74 Å². The SMILES string of the molecule is COCC12CC3(CC3)CN1CC1(CC1)C2. The maximum Gasteiger partial charge on any atom is 0.0647 e. The largest absolute Gasteiger partial charge is 0.383 e. The molecule has 0 N–H and O–H groups in total. The van der Waals surface area contributed by atoms with E-state index in [1.165, 1.54) is 51.6 Å². The molecule has 15 heavy (non-hydrogen) atoms. The molecular weight excluding hydrogens is 186 g/mol. The molecule has 0 aromatic rings. The smallest absolute Gasteiger partial charge is 0.0647 e. The zero-order valence-corrected chi connectivity index (χ0v) is 9.72. The van der Waals surface area contributed by atoms with Crippen LogP contribution < -0.4 is 0 Å². The van der Waals surface area contributed by atoms with Gasteiger partial charge in [-0.3, -0.25) is 4.90 Å². The van der Waals surface area contributed by atoms with Crippen molar-refractivity contribution in [2.24, 2.45) is 10.8 Å². The third-order valence-corrected chi connectivity index (χ3v) is 5.46. The number of rotatable bonds is 2. The summed E-state index contributed by atoms with van der Waals surface area (Å²) in [7, 11) is 1.88. The Labute approximate surface area is 92.0 Å². The van der Waals surface area contributed by atoms with Gasteiger partial charge < -0.3 is 4.74 Å². The minimum atomic E-state index is 0.460. The zero-order valence-electron chi connectivity index (χ0n) is 9.72. The molecule has 0 radical (unpaired) electrons. The molecule has 4 rings (SSSR count). The average Bonchev–Trinajstić information content (AvgIpc) is 3.00. The van der Waals surface area contributed by atoms with Crippen LogP contribution in [0.15, 0.2) is 0 Å². The van der Waals surface area contributed by atoms with Gasteiger partial charge in [-0.05, 0) is 49.4 Å². The summed E-state index contributed by atoms with van der Waals surface area (Å²) in [4.78, 5) is 2.80. The predicted octanol–water partition coefficient (Wildman–Crippen LogP) is 2.04. The molecule has 2 aliphatic heterocycles. The highest BCUT2D eigenvalue weighted by Crippen LogP contribution is 2.67. The number of fused-ring (bicyclic) bond motifs is 1. The minimum Gasteiger partial charge on any atom is -0.383 e. The van der Waals surface area contributed by atoms with E-state index in [0.717, 1.165) is 17.4 Å². The third kappa shape index (κ3) is 1.13. The number of nitrogens with zero attached hydrogens (tertiary/aromatic N) is 1. The van der Waals surface area contributed by atoms with Crippen LogP contribution in [0.1, 0.15) is 38.5 Å². The van der Waals surface area contributed by atoms with Gasteiger partial charge in [0, 0.05) is 25.7 Å². The molecule has 4 aliphatic rings. The van der Waals surface area contributed by atoms with Crippen molar-refractivity contribution in [3.63, 3.8) is 0 Å².